The largest absolute Gasteiger partial charge is 0.352 e. The van der Waals surface area contributed by atoms with E-state index in [1.54, 1.807) is 0 Å². The van der Waals surface area contributed by atoms with Gasteiger partial charge in [-0.15, -0.1) is 0 Å². The fourth-order valence-electron chi connectivity index (χ4n) is 1.34. The minimum Gasteiger partial charge on any atom is -0.352 e. The zero-order chi connectivity index (χ0) is 11.5. The second kappa shape index (κ2) is 10.4. The molecule has 0 bridgehead atoms. The average Bonchev–Trinajstić information content (AvgIpc) is 2.18. The molecule has 0 heterocycles. The van der Waals surface area contributed by atoms with E-state index in [1.165, 1.54) is 0 Å². The molecule has 2 atom stereocenters. The molecule has 0 N–H and O–H groups in total. The number of rotatable bonds is 10. The summed E-state index contributed by atoms with van der Waals surface area (Å²) in [6.45, 7) is 9.09. The summed E-state index contributed by atoms with van der Waals surface area (Å²) in [5.41, 5.74) is 0. The highest BCUT2D eigenvalue weighted by molar-refractivity contribution is 4.46. The summed E-state index contributed by atoms with van der Waals surface area (Å²) in [4.78, 5) is 0. The van der Waals surface area contributed by atoms with E-state index in [2.05, 4.69) is 27.7 Å². The second-order valence-electron chi connectivity index (χ2n) is 3.97. The van der Waals surface area contributed by atoms with Gasteiger partial charge in [0.2, 0.25) is 0 Å². The predicted molar refractivity (Wildman–Crippen MR) is 61.7 cm³/mol. The van der Waals surface area contributed by atoms with Crippen LogP contribution in [0.25, 0.3) is 0 Å². The molecule has 0 aromatic carbocycles. The highest BCUT2D eigenvalue weighted by atomic mass is 16.7. The van der Waals surface area contributed by atoms with Crippen molar-refractivity contribution in [2.24, 2.45) is 0 Å². The van der Waals surface area contributed by atoms with Crippen molar-refractivity contribution in [1.29, 1.82) is 0 Å². The maximum Gasteiger partial charge on any atom is 0.149 e. The van der Waals surface area contributed by atoms with Gasteiger partial charge in [-0.05, 0) is 26.7 Å². The molecule has 0 fully saturated rings. The third-order valence-electron chi connectivity index (χ3n) is 2.26. The normalized spacial score (nSPS) is 15.2. The SMILES string of the molecule is CCCC(C)OCOCOC(C)CCC. The van der Waals surface area contributed by atoms with Crippen LogP contribution < -0.4 is 0 Å². The van der Waals surface area contributed by atoms with Gasteiger partial charge >= 0.3 is 0 Å². The maximum atomic E-state index is 5.42. The summed E-state index contributed by atoms with van der Waals surface area (Å²) in [6, 6.07) is 0. The molecule has 2 unspecified atom stereocenters. The first kappa shape index (κ1) is 14.9. The van der Waals surface area contributed by atoms with Crippen LogP contribution in [0.5, 0.6) is 0 Å². The van der Waals surface area contributed by atoms with Gasteiger partial charge in [0.15, 0.2) is 0 Å². The Hall–Kier alpha value is -0.120. The van der Waals surface area contributed by atoms with Crippen LogP contribution in [0.1, 0.15) is 53.4 Å². The molecular formula is C12H26O3. The van der Waals surface area contributed by atoms with Gasteiger partial charge in [0, 0.05) is 0 Å². The molecule has 0 aromatic heterocycles. The Balaban J connectivity index is 3.17. The van der Waals surface area contributed by atoms with Crippen LogP contribution in [-0.4, -0.2) is 25.8 Å². The fourth-order valence-corrected chi connectivity index (χ4v) is 1.34. The van der Waals surface area contributed by atoms with Crippen LogP contribution >= 0.6 is 0 Å². The van der Waals surface area contributed by atoms with E-state index in [4.69, 9.17) is 14.2 Å². The van der Waals surface area contributed by atoms with Crippen LogP contribution in [0.3, 0.4) is 0 Å². The summed E-state index contributed by atoms with van der Waals surface area (Å²) >= 11 is 0. The quantitative estimate of drug-likeness (QED) is 0.416. The van der Waals surface area contributed by atoms with E-state index < -0.39 is 0 Å². The molecule has 92 valence electrons. The van der Waals surface area contributed by atoms with E-state index >= 15 is 0 Å². The molecular weight excluding hydrogens is 192 g/mol. The van der Waals surface area contributed by atoms with E-state index in [0.717, 1.165) is 25.7 Å². The Bertz CT molecular complexity index is 114. The number of hydrogen-bond acceptors (Lipinski definition) is 3. The predicted octanol–water partition coefficient (Wildman–Crippen LogP) is 3.33. The molecule has 0 rings (SSSR count). The third-order valence-corrected chi connectivity index (χ3v) is 2.26. The topological polar surface area (TPSA) is 27.7 Å². The van der Waals surface area contributed by atoms with Crippen molar-refractivity contribution in [3.8, 4) is 0 Å². The Morgan fingerprint density at radius 3 is 1.53 bits per heavy atom. The number of hydrogen-bond donors (Lipinski definition) is 0. The molecule has 0 spiro atoms. The maximum absolute atomic E-state index is 5.42. The molecule has 0 amide bonds. The van der Waals surface area contributed by atoms with Gasteiger partial charge in [0.1, 0.15) is 13.6 Å². The first-order valence-corrected chi connectivity index (χ1v) is 6.01. The van der Waals surface area contributed by atoms with Gasteiger partial charge in [-0.25, -0.2) is 0 Å². The van der Waals surface area contributed by atoms with E-state index in [-0.39, 0.29) is 12.2 Å². The summed E-state index contributed by atoms with van der Waals surface area (Å²) < 4.78 is 16.1. The summed E-state index contributed by atoms with van der Waals surface area (Å²) in [5, 5.41) is 0. The Morgan fingerprint density at radius 1 is 0.800 bits per heavy atom. The van der Waals surface area contributed by atoms with Crippen LogP contribution in [-0.2, 0) is 14.2 Å². The molecule has 0 saturated carbocycles. The highest BCUT2D eigenvalue weighted by Gasteiger charge is 2.01. The first-order chi connectivity index (χ1) is 7.20. The van der Waals surface area contributed by atoms with Crippen molar-refractivity contribution in [2.75, 3.05) is 13.6 Å². The van der Waals surface area contributed by atoms with E-state index in [9.17, 15) is 0 Å². The van der Waals surface area contributed by atoms with Crippen LogP contribution in [0.2, 0.25) is 0 Å². The van der Waals surface area contributed by atoms with E-state index in [0.29, 0.717) is 13.6 Å². The zero-order valence-corrected chi connectivity index (χ0v) is 10.6. The monoisotopic (exact) mass is 218 g/mol. The molecule has 0 aliphatic rings. The molecule has 3 heteroatoms. The highest BCUT2D eigenvalue weighted by Crippen LogP contribution is 2.02. The Morgan fingerprint density at radius 2 is 1.20 bits per heavy atom. The van der Waals surface area contributed by atoms with Crippen molar-refractivity contribution >= 4 is 0 Å². The van der Waals surface area contributed by atoms with Crippen molar-refractivity contribution in [1.82, 2.24) is 0 Å². The minimum atomic E-state index is 0.281. The zero-order valence-electron chi connectivity index (χ0n) is 10.6. The Kier molecular flexibility index (Phi) is 10.3. The number of ether oxygens (including phenoxy) is 3. The summed E-state index contributed by atoms with van der Waals surface area (Å²) in [5.74, 6) is 0. The molecule has 0 aromatic rings. The second-order valence-corrected chi connectivity index (χ2v) is 3.97. The van der Waals surface area contributed by atoms with Gasteiger partial charge in [0.05, 0.1) is 12.2 Å². The standard InChI is InChI=1S/C12H26O3/c1-5-7-11(3)14-9-13-10-15-12(4)8-6-2/h11-12H,5-10H2,1-4H3. The van der Waals surface area contributed by atoms with Crippen LogP contribution in [0.15, 0.2) is 0 Å². The van der Waals surface area contributed by atoms with Crippen molar-refractivity contribution in [2.45, 2.75) is 65.6 Å². The first-order valence-electron chi connectivity index (χ1n) is 6.01. The van der Waals surface area contributed by atoms with Crippen molar-refractivity contribution in [3.63, 3.8) is 0 Å². The lowest BCUT2D eigenvalue weighted by molar-refractivity contribution is -0.160. The summed E-state index contributed by atoms with van der Waals surface area (Å²) in [6.07, 6.45) is 5.01. The lowest BCUT2D eigenvalue weighted by Gasteiger charge is -2.14. The lowest BCUT2D eigenvalue weighted by Crippen LogP contribution is -2.15. The van der Waals surface area contributed by atoms with Gasteiger partial charge in [-0.2, -0.15) is 0 Å². The third kappa shape index (κ3) is 10.2. The van der Waals surface area contributed by atoms with Crippen LogP contribution in [0, 0.1) is 0 Å². The lowest BCUT2D eigenvalue weighted by atomic mass is 10.2. The van der Waals surface area contributed by atoms with Crippen molar-refractivity contribution < 1.29 is 14.2 Å². The summed E-state index contributed by atoms with van der Waals surface area (Å²) in [7, 11) is 0. The van der Waals surface area contributed by atoms with Gasteiger partial charge in [0.25, 0.3) is 0 Å². The molecule has 0 aliphatic heterocycles. The van der Waals surface area contributed by atoms with Crippen LogP contribution in [0.4, 0.5) is 0 Å². The molecule has 15 heavy (non-hydrogen) atoms. The molecule has 3 nitrogen and oxygen atoms in total. The minimum absolute atomic E-state index is 0.281. The van der Waals surface area contributed by atoms with E-state index in [1.807, 2.05) is 0 Å². The molecule has 0 saturated heterocycles. The van der Waals surface area contributed by atoms with Crippen molar-refractivity contribution in [3.05, 3.63) is 0 Å². The fraction of sp³-hybridized carbons (Fsp3) is 1.00. The average molecular weight is 218 g/mol. The molecule has 0 aliphatic carbocycles. The molecule has 0 radical (unpaired) electrons. The van der Waals surface area contributed by atoms with Gasteiger partial charge < -0.3 is 14.2 Å². The van der Waals surface area contributed by atoms with Gasteiger partial charge in [-0.3, -0.25) is 0 Å². The smallest absolute Gasteiger partial charge is 0.149 e. The Labute approximate surface area is 94.1 Å². The van der Waals surface area contributed by atoms with Gasteiger partial charge in [-0.1, -0.05) is 26.7 Å².